The van der Waals surface area contributed by atoms with Crippen LogP contribution in [-0.2, 0) is 17.7 Å². The maximum Gasteiger partial charge on any atom is 0.0667 e. The van der Waals surface area contributed by atoms with Gasteiger partial charge in [0, 0.05) is 13.7 Å². The average Bonchev–Trinajstić information content (AvgIpc) is 2.70. The quantitative estimate of drug-likeness (QED) is 0.479. The Bertz CT molecular complexity index is 901. The van der Waals surface area contributed by atoms with Gasteiger partial charge in [-0.1, -0.05) is 65.7 Å². The largest absolute Gasteiger partial charge is 0.383 e. The van der Waals surface area contributed by atoms with Crippen LogP contribution in [0.25, 0.3) is 0 Å². The predicted octanol–water partition coefficient (Wildman–Crippen LogP) is 5.89. The first kappa shape index (κ1) is 20.9. The van der Waals surface area contributed by atoms with Crippen molar-refractivity contribution >= 4 is 11.4 Å². The lowest BCUT2D eigenvalue weighted by atomic mass is 10.0. The molecule has 0 aromatic heterocycles. The third-order valence-electron chi connectivity index (χ3n) is 5.11. The molecule has 152 valence electrons. The van der Waals surface area contributed by atoms with E-state index in [4.69, 9.17) is 4.74 Å². The van der Waals surface area contributed by atoms with Gasteiger partial charge in [0.25, 0.3) is 0 Å². The van der Waals surface area contributed by atoms with Crippen LogP contribution in [0.15, 0.2) is 66.7 Å². The second-order valence-electron chi connectivity index (χ2n) is 7.87. The fraction of sp³-hybridized carbons (Fsp3) is 0.308. The fourth-order valence-electron chi connectivity index (χ4n) is 3.42. The van der Waals surface area contributed by atoms with Crippen molar-refractivity contribution in [2.75, 3.05) is 24.4 Å². The SMILES string of the molecule is COCC(Cc1ccc(C)cc1)Nc1cc(C)ccc1NCc1ccc(C)cc1. The lowest BCUT2D eigenvalue weighted by Gasteiger charge is -2.22. The van der Waals surface area contributed by atoms with Crippen molar-refractivity contribution in [1.29, 1.82) is 0 Å². The lowest BCUT2D eigenvalue weighted by Crippen LogP contribution is -2.28. The third kappa shape index (κ3) is 6.37. The Labute approximate surface area is 175 Å². The highest BCUT2D eigenvalue weighted by Gasteiger charge is 2.12. The van der Waals surface area contributed by atoms with E-state index in [2.05, 4.69) is 98.1 Å². The molecule has 0 fully saturated rings. The van der Waals surface area contributed by atoms with Crippen molar-refractivity contribution in [2.45, 2.75) is 39.8 Å². The van der Waals surface area contributed by atoms with Crippen molar-refractivity contribution in [3.63, 3.8) is 0 Å². The highest BCUT2D eigenvalue weighted by atomic mass is 16.5. The summed E-state index contributed by atoms with van der Waals surface area (Å²) in [5.74, 6) is 0. The van der Waals surface area contributed by atoms with E-state index in [-0.39, 0.29) is 6.04 Å². The average molecular weight is 389 g/mol. The predicted molar refractivity (Wildman–Crippen MR) is 124 cm³/mol. The van der Waals surface area contributed by atoms with Crippen LogP contribution in [0.3, 0.4) is 0 Å². The minimum Gasteiger partial charge on any atom is -0.383 e. The number of ether oxygens (including phenoxy) is 1. The summed E-state index contributed by atoms with van der Waals surface area (Å²) in [5.41, 5.74) is 8.62. The Morgan fingerprint density at radius 3 is 1.93 bits per heavy atom. The molecule has 0 saturated carbocycles. The van der Waals surface area contributed by atoms with Crippen LogP contribution in [0.2, 0.25) is 0 Å². The molecule has 3 aromatic rings. The summed E-state index contributed by atoms with van der Waals surface area (Å²) in [6.07, 6.45) is 0.916. The van der Waals surface area contributed by atoms with E-state index in [0.29, 0.717) is 6.61 Å². The number of nitrogens with one attached hydrogen (secondary N) is 2. The molecular formula is C26H32N2O. The maximum atomic E-state index is 5.50. The van der Waals surface area contributed by atoms with Crippen molar-refractivity contribution < 1.29 is 4.74 Å². The first-order chi connectivity index (χ1) is 14.0. The minimum atomic E-state index is 0.199. The van der Waals surface area contributed by atoms with Crippen LogP contribution in [0, 0.1) is 20.8 Å². The normalized spacial score (nSPS) is 11.9. The molecule has 3 heteroatoms. The van der Waals surface area contributed by atoms with E-state index in [1.54, 1.807) is 7.11 Å². The molecule has 2 N–H and O–H groups in total. The molecule has 0 radical (unpaired) electrons. The minimum absolute atomic E-state index is 0.199. The number of hydrogen-bond acceptors (Lipinski definition) is 3. The van der Waals surface area contributed by atoms with Crippen LogP contribution in [-0.4, -0.2) is 19.8 Å². The van der Waals surface area contributed by atoms with E-state index in [9.17, 15) is 0 Å². The number of hydrogen-bond donors (Lipinski definition) is 2. The topological polar surface area (TPSA) is 33.3 Å². The Balaban J connectivity index is 1.73. The van der Waals surface area contributed by atoms with Gasteiger partial charge in [-0.25, -0.2) is 0 Å². The lowest BCUT2D eigenvalue weighted by molar-refractivity contribution is 0.185. The molecule has 3 nitrogen and oxygen atoms in total. The zero-order chi connectivity index (χ0) is 20.6. The van der Waals surface area contributed by atoms with Crippen molar-refractivity contribution in [3.05, 3.63) is 94.5 Å². The molecule has 0 bridgehead atoms. The number of benzene rings is 3. The second kappa shape index (κ2) is 10.1. The van der Waals surface area contributed by atoms with Gasteiger partial charge in [-0.05, 0) is 56.0 Å². The summed E-state index contributed by atoms with van der Waals surface area (Å²) < 4.78 is 5.50. The van der Waals surface area contributed by atoms with Crippen LogP contribution in [0.1, 0.15) is 27.8 Å². The molecule has 0 amide bonds. The summed E-state index contributed by atoms with van der Waals surface area (Å²) in [6.45, 7) is 7.81. The monoisotopic (exact) mass is 388 g/mol. The maximum absolute atomic E-state index is 5.50. The molecule has 0 aliphatic rings. The molecule has 3 rings (SSSR count). The van der Waals surface area contributed by atoms with Gasteiger partial charge in [0.15, 0.2) is 0 Å². The van der Waals surface area contributed by atoms with Crippen LogP contribution >= 0.6 is 0 Å². The van der Waals surface area contributed by atoms with Crippen molar-refractivity contribution in [1.82, 2.24) is 0 Å². The van der Waals surface area contributed by atoms with Gasteiger partial charge in [0.2, 0.25) is 0 Å². The molecule has 0 aliphatic heterocycles. The van der Waals surface area contributed by atoms with Crippen LogP contribution < -0.4 is 10.6 Å². The Morgan fingerprint density at radius 1 is 0.724 bits per heavy atom. The van der Waals surface area contributed by atoms with E-state index < -0.39 is 0 Å². The summed E-state index contributed by atoms with van der Waals surface area (Å²) in [5, 5.41) is 7.30. The first-order valence-electron chi connectivity index (χ1n) is 10.2. The fourth-order valence-corrected chi connectivity index (χ4v) is 3.42. The molecule has 0 heterocycles. The Morgan fingerprint density at radius 2 is 1.31 bits per heavy atom. The zero-order valence-electron chi connectivity index (χ0n) is 18.0. The molecule has 0 saturated heterocycles. The van der Waals surface area contributed by atoms with Crippen molar-refractivity contribution in [2.24, 2.45) is 0 Å². The van der Waals surface area contributed by atoms with Gasteiger partial charge < -0.3 is 15.4 Å². The van der Waals surface area contributed by atoms with E-state index in [1.165, 1.54) is 27.8 Å². The molecule has 1 unspecified atom stereocenters. The van der Waals surface area contributed by atoms with Crippen LogP contribution in [0.4, 0.5) is 11.4 Å². The number of anilines is 2. The third-order valence-corrected chi connectivity index (χ3v) is 5.11. The molecule has 1 atom stereocenters. The molecular weight excluding hydrogens is 356 g/mol. The number of methoxy groups -OCH3 is 1. The van der Waals surface area contributed by atoms with Crippen molar-refractivity contribution in [3.8, 4) is 0 Å². The van der Waals surface area contributed by atoms with Gasteiger partial charge in [-0.3, -0.25) is 0 Å². The molecule has 0 aliphatic carbocycles. The second-order valence-corrected chi connectivity index (χ2v) is 7.87. The summed E-state index contributed by atoms with van der Waals surface area (Å²) in [7, 11) is 1.76. The van der Waals surface area contributed by atoms with Crippen LogP contribution in [0.5, 0.6) is 0 Å². The van der Waals surface area contributed by atoms with Gasteiger partial charge in [-0.15, -0.1) is 0 Å². The van der Waals surface area contributed by atoms with Gasteiger partial charge in [0.1, 0.15) is 0 Å². The van der Waals surface area contributed by atoms with Gasteiger partial charge >= 0.3 is 0 Å². The Hall–Kier alpha value is -2.78. The highest BCUT2D eigenvalue weighted by Crippen LogP contribution is 2.25. The highest BCUT2D eigenvalue weighted by molar-refractivity contribution is 5.70. The number of aryl methyl sites for hydroxylation is 3. The molecule has 29 heavy (non-hydrogen) atoms. The zero-order valence-corrected chi connectivity index (χ0v) is 18.0. The molecule has 3 aromatic carbocycles. The molecule has 0 spiro atoms. The first-order valence-corrected chi connectivity index (χ1v) is 10.2. The number of rotatable bonds is 9. The summed E-state index contributed by atoms with van der Waals surface area (Å²) in [4.78, 5) is 0. The smallest absolute Gasteiger partial charge is 0.0667 e. The standard InChI is InChI=1S/C26H32N2O/c1-19-5-10-22(11-6-19)16-24(18-29-4)28-26-15-21(3)9-14-25(26)27-17-23-12-7-20(2)8-13-23/h5-15,24,27-28H,16-18H2,1-4H3. The summed E-state index contributed by atoms with van der Waals surface area (Å²) in [6, 6.07) is 24.1. The van der Waals surface area contributed by atoms with E-state index >= 15 is 0 Å². The van der Waals surface area contributed by atoms with Gasteiger partial charge in [-0.2, -0.15) is 0 Å². The van der Waals surface area contributed by atoms with Gasteiger partial charge in [0.05, 0.1) is 24.0 Å². The summed E-state index contributed by atoms with van der Waals surface area (Å²) >= 11 is 0. The van der Waals surface area contributed by atoms with E-state index in [0.717, 1.165) is 24.3 Å². The van der Waals surface area contributed by atoms with E-state index in [1.807, 2.05) is 0 Å². The Kier molecular flexibility index (Phi) is 7.31.